The maximum Gasteiger partial charge on any atom is 0.292 e. The van der Waals surface area contributed by atoms with Crippen LogP contribution in [0.2, 0.25) is 20.6 Å². The number of anilines is 2. The third-order valence-electron chi connectivity index (χ3n) is 13.7. The average molecular weight is 1260 g/mol. The molecule has 0 spiro atoms. The van der Waals surface area contributed by atoms with E-state index >= 15 is 0 Å². The van der Waals surface area contributed by atoms with Crippen LogP contribution in [0.5, 0.6) is 0 Å². The fourth-order valence-electron chi connectivity index (χ4n) is 9.50. The molecule has 0 fully saturated rings. The summed E-state index contributed by atoms with van der Waals surface area (Å²) in [5.41, 5.74) is 22.9. The van der Waals surface area contributed by atoms with Crippen LogP contribution < -0.4 is 17.0 Å². The van der Waals surface area contributed by atoms with Crippen molar-refractivity contribution in [2.24, 2.45) is 0 Å². The molecular weight excluding hydrogens is 1220 g/mol. The number of para-hydroxylation sites is 10. The maximum absolute atomic E-state index is 12.5. The molecule has 0 unspecified atom stereocenters. The minimum atomic E-state index is -0.314. The third-order valence-corrected chi connectivity index (χ3v) is 14.9. The van der Waals surface area contributed by atoms with Gasteiger partial charge >= 0.3 is 0 Å². The van der Waals surface area contributed by atoms with Gasteiger partial charge in [-0.1, -0.05) is 198 Å². The molecule has 0 aliphatic heterocycles. The summed E-state index contributed by atoms with van der Waals surface area (Å²) in [6, 6.07) is 64.5. The summed E-state index contributed by atoms with van der Waals surface area (Å²) >= 11 is 23.2. The maximum atomic E-state index is 12.5. The van der Waals surface area contributed by atoms with Gasteiger partial charge in [0.25, 0.3) is 5.56 Å². The Morgan fingerprint density at radius 2 is 0.644 bits per heavy atom. The molecule has 90 heavy (non-hydrogen) atoms. The SMILES string of the molecule is Clc1nc2ccccc2nc1Cl.Nc1nc2ccccc2n2cc(C(=O)c3ccccc3)nc12.Nc1nc2ccccc2nc1Cl.O=C(c1ccccc1)c1cn2c(n1)c(=O)[nH]c1ccccc12.O=C(c1ccccc1)c1cn2c(n1)c(Cl)nc1ccccc12. The predicted octanol–water partition coefficient (Wildman–Crippen LogP) is 13.7. The Kier molecular flexibility index (Phi) is 17.0. The highest BCUT2D eigenvalue weighted by molar-refractivity contribution is 6.40. The van der Waals surface area contributed by atoms with Crippen LogP contribution in [-0.2, 0) is 0 Å². The summed E-state index contributed by atoms with van der Waals surface area (Å²) in [7, 11) is 0. The zero-order valence-corrected chi connectivity index (χ0v) is 49.6. The van der Waals surface area contributed by atoms with Crippen molar-refractivity contribution in [1.82, 2.24) is 63.0 Å². The number of fused-ring (bicyclic) bond motifs is 11. The second-order valence-electron chi connectivity index (χ2n) is 19.6. The first kappa shape index (κ1) is 59.0. The Bertz CT molecular complexity index is 5130. The molecular formula is C67H43Cl4N15O4. The van der Waals surface area contributed by atoms with Crippen LogP contribution >= 0.6 is 46.4 Å². The van der Waals surface area contributed by atoms with E-state index in [2.05, 4.69) is 49.8 Å². The van der Waals surface area contributed by atoms with Crippen molar-refractivity contribution >= 4 is 147 Å². The number of aromatic nitrogens is 13. The number of imidazole rings is 3. The first-order valence-corrected chi connectivity index (χ1v) is 28.8. The lowest BCUT2D eigenvalue weighted by Crippen LogP contribution is -2.10. The number of ketones is 3. The zero-order chi connectivity index (χ0) is 62.4. The molecule has 438 valence electrons. The van der Waals surface area contributed by atoms with Crippen LogP contribution in [-0.4, -0.2) is 80.4 Å². The van der Waals surface area contributed by atoms with Gasteiger partial charge in [-0.25, -0.2) is 44.9 Å². The van der Waals surface area contributed by atoms with Crippen molar-refractivity contribution < 1.29 is 14.4 Å². The van der Waals surface area contributed by atoms with E-state index in [1.165, 1.54) is 0 Å². The summed E-state index contributed by atoms with van der Waals surface area (Å²) < 4.78 is 5.28. The summed E-state index contributed by atoms with van der Waals surface area (Å²) in [4.78, 5) is 90.2. The van der Waals surface area contributed by atoms with Gasteiger partial charge in [0.05, 0.1) is 55.2 Å². The van der Waals surface area contributed by atoms with Crippen LogP contribution in [0, 0.1) is 0 Å². The number of nitrogens with two attached hydrogens (primary N) is 2. The third kappa shape index (κ3) is 12.5. The van der Waals surface area contributed by atoms with E-state index in [1.54, 1.807) is 75.9 Å². The highest BCUT2D eigenvalue weighted by Gasteiger charge is 2.20. The van der Waals surface area contributed by atoms with E-state index < -0.39 is 0 Å². The smallest absolute Gasteiger partial charge is 0.292 e. The van der Waals surface area contributed by atoms with Crippen LogP contribution in [0.3, 0.4) is 0 Å². The van der Waals surface area contributed by atoms with Crippen LogP contribution in [0.15, 0.2) is 236 Å². The van der Waals surface area contributed by atoms with Gasteiger partial charge in [-0.2, -0.15) is 0 Å². The van der Waals surface area contributed by atoms with Gasteiger partial charge in [-0.3, -0.25) is 32.4 Å². The van der Waals surface area contributed by atoms with E-state index in [4.69, 9.17) is 57.9 Å². The molecule has 19 nitrogen and oxygen atoms in total. The van der Waals surface area contributed by atoms with Gasteiger partial charge < -0.3 is 16.5 Å². The van der Waals surface area contributed by atoms with Crippen molar-refractivity contribution in [3.63, 3.8) is 0 Å². The van der Waals surface area contributed by atoms with Gasteiger partial charge in [0.15, 0.2) is 43.5 Å². The lowest BCUT2D eigenvalue weighted by molar-refractivity contribution is 0.102. The van der Waals surface area contributed by atoms with Gasteiger partial charge in [0.1, 0.15) is 17.1 Å². The molecule has 16 rings (SSSR count). The number of hydrogen-bond donors (Lipinski definition) is 3. The van der Waals surface area contributed by atoms with Crippen molar-refractivity contribution in [3.05, 3.63) is 296 Å². The van der Waals surface area contributed by atoms with Crippen LogP contribution in [0.4, 0.5) is 11.6 Å². The van der Waals surface area contributed by atoms with Crippen LogP contribution in [0.25, 0.3) is 72.1 Å². The van der Waals surface area contributed by atoms with Gasteiger partial charge in [0, 0.05) is 35.3 Å². The van der Waals surface area contributed by atoms with Crippen molar-refractivity contribution in [2.45, 2.75) is 0 Å². The first-order chi connectivity index (χ1) is 43.8. The van der Waals surface area contributed by atoms with E-state index in [1.807, 2.05) is 168 Å². The summed E-state index contributed by atoms with van der Waals surface area (Å²) in [6.45, 7) is 0. The second-order valence-corrected chi connectivity index (χ2v) is 21.0. The molecule has 5 N–H and O–H groups in total. The molecule has 0 amide bonds. The Morgan fingerprint density at radius 3 is 1.12 bits per heavy atom. The predicted molar refractivity (Wildman–Crippen MR) is 352 cm³/mol. The number of hydrogen-bond acceptors (Lipinski definition) is 15. The number of carbonyl (C=O) groups excluding carboxylic acids is 3. The van der Waals surface area contributed by atoms with Crippen molar-refractivity contribution in [2.75, 3.05) is 11.5 Å². The minimum absolute atomic E-state index is 0.132. The quantitative estimate of drug-likeness (QED) is 0.131. The summed E-state index contributed by atoms with van der Waals surface area (Å²) in [6.07, 6.45) is 5.04. The van der Waals surface area contributed by atoms with Gasteiger partial charge in [-0.15, -0.1) is 0 Å². The van der Waals surface area contributed by atoms with E-state index in [9.17, 15) is 19.2 Å². The molecule has 0 saturated carbocycles. The monoisotopic (exact) mass is 1260 g/mol. The fourth-order valence-corrected chi connectivity index (χ4v) is 10.1. The topological polar surface area (TPSA) is 265 Å². The fraction of sp³-hybridized carbons (Fsp3) is 0. The second kappa shape index (κ2) is 25.9. The Balaban J connectivity index is 0.000000112. The number of nitrogens with zero attached hydrogens (tertiary/aromatic N) is 12. The molecule has 0 aliphatic carbocycles. The molecule has 8 aromatic carbocycles. The number of nitrogen functional groups attached to an aromatic ring is 2. The highest BCUT2D eigenvalue weighted by atomic mass is 35.5. The van der Waals surface area contributed by atoms with E-state index in [0.717, 1.165) is 49.7 Å². The van der Waals surface area contributed by atoms with E-state index in [-0.39, 0.29) is 60.7 Å². The summed E-state index contributed by atoms with van der Waals surface area (Å²) in [5.74, 6) is 0.117. The highest BCUT2D eigenvalue weighted by Crippen LogP contribution is 2.25. The molecule has 0 bridgehead atoms. The number of halogens is 4. The van der Waals surface area contributed by atoms with Gasteiger partial charge in [0.2, 0.25) is 23.0 Å². The molecule has 8 heterocycles. The first-order valence-electron chi connectivity index (χ1n) is 27.3. The molecule has 0 saturated heterocycles. The minimum Gasteiger partial charge on any atom is -0.381 e. The standard InChI is InChI=1S/C17H10ClN3O.C17H12N4O.C17H11N3O2.C8H4Cl2N2.C8H6ClN3/c2*18-16-17-20-13(15(22)11-6-2-1-3-7-11)10-21(17)14-9-5-4-8-12(14)19-16;21-15(11-6-2-1-3-7-11)13-10-20-14-9-5-4-8-12(14)19-17(22)16(20)18-13;2*9-7-8(10)12-6-4-2-1-3-5(6)11-7/h1-10H;1-10H,(H2,18,19);1-10H,(H,19,22);1-4H;1-4H,(H2,10,12). The summed E-state index contributed by atoms with van der Waals surface area (Å²) in [5, 5.41) is 1.03. The molecule has 0 aliphatic rings. The zero-order valence-electron chi connectivity index (χ0n) is 46.6. The Morgan fingerprint density at radius 1 is 0.322 bits per heavy atom. The molecule has 8 aromatic heterocycles. The Hall–Kier alpha value is -11.4. The molecule has 23 heteroatoms. The molecule has 0 radical (unpaired) electrons. The lowest BCUT2D eigenvalue weighted by Gasteiger charge is -2.02. The number of aromatic amines is 1. The largest absolute Gasteiger partial charge is 0.381 e. The normalized spacial score (nSPS) is 10.9. The van der Waals surface area contributed by atoms with Crippen molar-refractivity contribution in [3.8, 4) is 0 Å². The van der Waals surface area contributed by atoms with Gasteiger partial charge in [-0.05, 0) is 60.7 Å². The van der Waals surface area contributed by atoms with E-state index in [0.29, 0.717) is 50.7 Å². The number of carbonyl (C=O) groups is 3. The Labute approximate surface area is 528 Å². The van der Waals surface area contributed by atoms with Crippen molar-refractivity contribution in [1.29, 1.82) is 0 Å². The number of H-pyrrole nitrogens is 1. The lowest BCUT2D eigenvalue weighted by atomic mass is 10.1. The number of nitrogens with one attached hydrogen (secondary N) is 1. The molecule has 0 atom stereocenters. The number of benzene rings is 8. The average Bonchev–Trinajstić information content (AvgIpc) is 1.65. The number of rotatable bonds is 6. The molecule has 16 aromatic rings. The van der Waals surface area contributed by atoms with Crippen LogP contribution in [0.1, 0.15) is 48.2 Å².